The molecule has 0 atom stereocenters. The van der Waals surface area contributed by atoms with Crippen LogP contribution < -0.4 is 10.0 Å². The second-order valence-corrected chi connectivity index (χ2v) is 7.95. The fourth-order valence-corrected chi connectivity index (χ4v) is 3.65. The lowest BCUT2D eigenvalue weighted by Crippen LogP contribution is -2.15. The number of benzene rings is 3. The molecule has 0 saturated heterocycles. The molecular formula is C21H20N2O3S. The Hall–Kier alpha value is -3.12. The zero-order valence-electron chi connectivity index (χ0n) is 15.1. The molecule has 27 heavy (non-hydrogen) atoms. The van der Waals surface area contributed by atoms with Crippen LogP contribution in [-0.2, 0) is 10.0 Å². The van der Waals surface area contributed by atoms with Crippen molar-refractivity contribution in [2.24, 2.45) is 0 Å². The van der Waals surface area contributed by atoms with E-state index in [9.17, 15) is 13.2 Å². The van der Waals surface area contributed by atoms with Crippen LogP contribution in [0.5, 0.6) is 0 Å². The zero-order valence-corrected chi connectivity index (χ0v) is 15.9. The Morgan fingerprint density at radius 3 is 2.07 bits per heavy atom. The lowest BCUT2D eigenvalue weighted by Gasteiger charge is -2.11. The molecule has 0 saturated carbocycles. The number of amides is 1. The van der Waals surface area contributed by atoms with Crippen molar-refractivity contribution in [1.82, 2.24) is 0 Å². The second-order valence-electron chi connectivity index (χ2n) is 6.26. The van der Waals surface area contributed by atoms with Gasteiger partial charge in [0.2, 0.25) is 0 Å². The Morgan fingerprint density at radius 1 is 0.815 bits per heavy atom. The molecule has 0 aliphatic carbocycles. The molecule has 138 valence electrons. The molecule has 2 N–H and O–H groups in total. The molecule has 3 aromatic rings. The van der Waals surface area contributed by atoms with E-state index in [1.165, 1.54) is 24.3 Å². The summed E-state index contributed by atoms with van der Waals surface area (Å²) in [5.74, 6) is -0.297. The Labute approximate surface area is 159 Å². The van der Waals surface area contributed by atoms with Crippen molar-refractivity contribution in [2.45, 2.75) is 18.7 Å². The maximum atomic E-state index is 12.5. The number of nitrogens with one attached hydrogen (secondary N) is 2. The molecule has 0 unspecified atom stereocenters. The van der Waals surface area contributed by atoms with Crippen LogP contribution in [0.25, 0.3) is 0 Å². The fraction of sp³-hybridized carbons (Fsp3) is 0.0952. The van der Waals surface area contributed by atoms with E-state index in [4.69, 9.17) is 0 Å². The van der Waals surface area contributed by atoms with Gasteiger partial charge in [-0.15, -0.1) is 0 Å². The number of sulfonamides is 1. The largest absolute Gasteiger partial charge is 0.322 e. The highest BCUT2D eigenvalue weighted by molar-refractivity contribution is 7.92. The van der Waals surface area contributed by atoms with Gasteiger partial charge in [0.1, 0.15) is 0 Å². The van der Waals surface area contributed by atoms with Gasteiger partial charge in [-0.3, -0.25) is 9.52 Å². The number of aryl methyl sites for hydroxylation is 2. The molecular weight excluding hydrogens is 360 g/mol. The minimum Gasteiger partial charge on any atom is -0.322 e. The van der Waals surface area contributed by atoms with Gasteiger partial charge in [-0.2, -0.15) is 0 Å². The number of rotatable bonds is 5. The van der Waals surface area contributed by atoms with Gasteiger partial charge in [0.05, 0.1) is 10.6 Å². The second kappa shape index (κ2) is 7.63. The molecule has 3 aromatic carbocycles. The van der Waals surface area contributed by atoms with Gasteiger partial charge in [0.15, 0.2) is 0 Å². The highest BCUT2D eigenvalue weighted by Crippen LogP contribution is 2.20. The van der Waals surface area contributed by atoms with Crippen LogP contribution in [0, 0.1) is 13.8 Å². The molecule has 1 amide bonds. The first-order valence-corrected chi connectivity index (χ1v) is 9.90. The van der Waals surface area contributed by atoms with Crippen molar-refractivity contribution in [1.29, 1.82) is 0 Å². The number of hydrogen-bond acceptors (Lipinski definition) is 3. The van der Waals surface area contributed by atoms with E-state index >= 15 is 0 Å². The van der Waals surface area contributed by atoms with E-state index in [2.05, 4.69) is 10.0 Å². The molecule has 3 rings (SSSR count). The van der Waals surface area contributed by atoms with Crippen molar-refractivity contribution in [3.05, 3.63) is 89.5 Å². The predicted molar refractivity (Wildman–Crippen MR) is 108 cm³/mol. The summed E-state index contributed by atoms with van der Waals surface area (Å²) in [4.78, 5) is 12.4. The summed E-state index contributed by atoms with van der Waals surface area (Å²) in [6.45, 7) is 3.80. The summed E-state index contributed by atoms with van der Waals surface area (Å²) < 4.78 is 27.7. The van der Waals surface area contributed by atoms with E-state index in [-0.39, 0.29) is 10.8 Å². The fourth-order valence-electron chi connectivity index (χ4n) is 2.52. The summed E-state index contributed by atoms with van der Waals surface area (Å²) in [7, 11) is -3.72. The van der Waals surface area contributed by atoms with Gasteiger partial charge in [0, 0.05) is 11.3 Å². The molecule has 6 heteroatoms. The van der Waals surface area contributed by atoms with Crippen LogP contribution >= 0.6 is 0 Å². The van der Waals surface area contributed by atoms with Crippen molar-refractivity contribution >= 4 is 27.3 Å². The van der Waals surface area contributed by atoms with Gasteiger partial charge >= 0.3 is 0 Å². The lowest BCUT2D eigenvalue weighted by molar-refractivity contribution is 0.102. The topological polar surface area (TPSA) is 75.3 Å². The Morgan fingerprint density at radius 2 is 1.44 bits per heavy atom. The summed E-state index contributed by atoms with van der Waals surface area (Å²) >= 11 is 0. The molecule has 5 nitrogen and oxygen atoms in total. The van der Waals surface area contributed by atoms with E-state index in [0.717, 1.165) is 11.1 Å². The van der Waals surface area contributed by atoms with Gasteiger partial charge in [-0.05, 0) is 61.9 Å². The van der Waals surface area contributed by atoms with E-state index < -0.39 is 10.0 Å². The van der Waals surface area contributed by atoms with Crippen LogP contribution in [0.3, 0.4) is 0 Å². The summed E-state index contributed by atoms with van der Waals surface area (Å²) in [5, 5.41) is 2.79. The third-order valence-corrected chi connectivity index (χ3v) is 5.51. The first kappa shape index (κ1) is 18.7. The summed E-state index contributed by atoms with van der Waals surface area (Å²) in [6.07, 6.45) is 0. The smallest absolute Gasteiger partial charge is 0.261 e. The normalized spacial score (nSPS) is 11.0. The first-order valence-electron chi connectivity index (χ1n) is 8.42. The van der Waals surface area contributed by atoms with Gasteiger partial charge in [0.25, 0.3) is 15.9 Å². The highest BCUT2D eigenvalue weighted by atomic mass is 32.2. The minimum absolute atomic E-state index is 0.0950. The monoisotopic (exact) mass is 380 g/mol. The van der Waals surface area contributed by atoms with Crippen molar-refractivity contribution < 1.29 is 13.2 Å². The third kappa shape index (κ3) is 4.54. The van der Waals surface area contributed by atoms with E-state index in [1.807, 2.05) is 50.2 Å². The minimum atomic E-state index is -3.72. The van der Waals surface area contributed by atoms with Gasteiger partial charge in [-0.1, -0.05) is 35.9 Å². The van der Waals surface area contributed by atoms with Crippen LogP contribution in [0.2, 0.25) is 0 Å². The maximum Gasteiger partial charge on any atom is 0.261 e. The average molecular weight is 380 g/mol. The maximum absolute atomic E-state index is 12.5. The van der Waals surface area contributed by atoms with E-state index in [1.54, 1.807) is 12.1 Å². The summed E-state index contributed by atoms with van der Waals surface area (Å²) in [5.41, 5.74) is 3.52. The molecule has 0 radical (unpaired) electrons. The average Bonchev–Trinajstić information content (AvgIpc) is 2.65. The third-order valence-electron chi connectivity index (χ3n) is 4.13. The number of anilines is 2. The molecule has 0 bridgehead atoms. The number of carbonyl (C=O) groups is 1. The highest BCUT2D eigenvalue weighted by Gasteiger charge is 2.16. The van der Waals surface area contributed by atoms with Crippen molar-refractivity contribution in [3.8, 4) is 0 Å². The molecule has 0 aromatic heterocycles. The molecule has 0 heterocycles. The molecule has 0 aliphatic heterocycles. The zero-order chi connectivity index (χ0) is 19.4. The van der Waals surface area contributed by atoms with Crippen LogP contribution in [0.15, 0.2) is 77.7 Å². The SMILES string of the molecule is Cc1ccc(NC(=O)c2ccc(S(=O)(=O)Nc3ccccc3C)cc2)cc1. The molecule has 0 aliphatic rings. The number of hydrogen-bond donors (Lipinski definition) is 2. The van der Waals surface area contributed by atoms with Crippen LogP contribution in [-0.4, -0.2) is 14.3 Å². The standard InChI is InChI=1S/C21H20N2O3S/c1-15-7-11-18(12-8-15)22-21(24)17-9-13-19(14-10-17)27(25,26)23-20-6-4-3-5-16(20)2/h3-14,23H,1-2H3,(H,22,24). The Kier molecular flexibility index (Phi) is 5.28. The molecule has 0 fully saturated rings. The van der Waals surface area contributed by atoms with Crippen LogP contribution in [0.1, 0.15) is 21.5 Å². The quantitative estimate of drug-likeness (QED) is 0.691. The summed E-state index contributed by atoms with van der Waals surface area (Å²) in [6, 6.07) is 20.4. The lowest BCUT2D eigenvalue weighted by atomic mass is 10.2. The predicted octanol–water partition coefficient (Wildman–Crippen LogP) is 4.36. The first-order chi connectivity index (χ1) is 12.8. The number of para-hydroxylation sites is 1. The van der Waals surface area contributed by atoms with Gasteiger partial charge in [-0.25, -0.2) is 8.42 Å². The van der Waals surface area contributed by atoms with Gasteiger partial charge < -0.3 is 5.32 Å². The van der Waals surface area contributed by atoms with Crippen molar-refractivity contribution in [2.75, 3.05) is 10.0 Å². The van der Waals surface area contributed by atoms with Crippen molar-refractivity contribution in [3.63, 3.8) is 0 Å². The molecule has 0 spiro atoms. The van der Waals surface area contributed by atoms with Crippen LogP contribution in [0.4, 0.5) is 11.4 Å². The Bertz CT molecular complexity index is 1060. The Balaban J connectivity index is 1.75. The van der Waals surface area contributed by atoms with E-state index in [0.29, 0.717) is 16.9 Å². The number of carbonyl (C=O) groups excluding carboxylic acids is 1.